The molecule has 100 valence electrons. The van der Waals surface area contributed by atoms with Crippen LogP contribution in [0.2, 0.25) is 0 Å². The maximum Gasteiger partial charge on any atom is 0.252 e. The molecule has 1 atom stereocenters. The molecule has 1 aromatic rings. The summed E-state index contributed by atoms with van der Waals surface area (Å²) in [5.74, 6) is 0.568. The maximum atomic E-state index is 11.9. The number of benzene rings is 1. The van der Waals surface area contributed by atoms with Gasteiger partial charge in [0, 0.05) is 11.0 Å². The Morgan fingerprint density at radius 2 is 2.22 bits per heavy atom. The third kappa shape index (κ3) is 4.26. The first-order valence-electron chi connectivity index (χ1n) is 6.01. The van der Waals surface area contributed by atoms with Crippen molar-refractivity contribution >= 4 is 34.2 Å². The Morgan fingerprint density at radius 3 is 2.89 bits per heavy atom. The van der Waals surface area contributed by atoms with Gasteiger partial charge in [-0.1, -0.05) is 12.1 Å². The Balaban J connectivity index is 0.00000162. The van der Waals surface area contributed by atoms with E-state index in [-0.39, 0.29) is 18.3 Å². The number of hydrogen-bond acceptors (Lipinski definition) is 2. The summed E-state index contributed by atoms with van der Waals surface area (Å²) in [5.41, 5.74) is 0.705. The first-order chi connectivity index (χ1) is 8.27. The molecule has 1 fully saturated rings. The maximum absolute atomic E-state index is 11.9. The highest BCUT2D eigenvalue weighted by molar-refractivity contribution is 9.10. The van der Waals surface area contributed by atoms with Crippen molar-refractivity contribution < 1.29 is 4.79 Å². The third-order valence-electron chi connectivity index (χ3n) is 3.07. The highest BCUT2D eigenvalue weighted by Gasteiger charge is 2.15. The quantitative estimate of drug-likeness (QED) is 0.893. The minimum Gasteiger partial charge on any atom is -0.352 e. The molecule has 0 aromatic heterocycles. The predicted molar refractivity (Wildman–Crippen MR) is 79.3 cm³/mol. The normalized spacial score (nSPS) is 18.8. The third-order valence-corrected chi connectivity index (χ3v) is 3.76. The van der Waals surface area contributed by atoms with Gasteiger partial charge in [0.1, 0.15) is 0 Å². The van der Waals surface area contributed by atoms with Gasteiger partial charge in [0.25, 0.3) is 5.91 Å². The zero-order valence-corrected chi connectivity index (χ0v) is 12.5. The van der Waals surface area contributed by atoms with Gasteiger partial charge in [-0.15, -0.1) is 12.4 Å². The summed E-state index contributed by atoms with van der Waals surface area (Å²) in [5, 5.41) is 6.35. The average Bonchev–Trinajstić information content (AvgIpc) is 2.38. The van der Waals surface area contributed by atoms with Crippen LogP contribution in [0.25, 0.3) is 0 Å². The molecule has 18 heavy (non-hydrogen) atoms. The molecule has 0 bridgehead atoms. The molecule has 1 heterocycles. The van der Waals surface area contributed by atoms with E-state index in [1.165, 1.54) is 12.8 Å². The molecule has 5 heteroatoms. The zero-order chi connectivity index (χ0) is 12.1. The fraction of sp³-hybridized carbons (Fsp3) is 0.462. The van der Waals surface area contributed by atoms with Crippen molar-refractivity contribution in [3.8, 4) is 0 Å². The summed E-state index contributed by atoms with van der Waals surface area (Å²) in [6, 6.07) is 7.50. The van der Waals surface area contributed by atoms with Crippen molar-refractivity contribution in [2.24, 2.45) is 5.92 Å². The molecule has 2 rings (SSSR count). The molecular weight excluding hydrogens is 316 g/mol. The highest BCUT2D eigenvalue weighted by atomic mass is 79.9. The standard InChI is InChI=1S/C13H17BrN2O.ClH/c14-12-6-2-1-5-11(12)13(17)16-9-10-4-3-7-15-8-10;/h1-2,5-6,10,15H,3-4,7-9H2,(H,16,17);1H. The second-order valence-electron chi connectivity index (χ2n) is 4.40. The lowest BCUT2D eigenvalue weighted by Crippen LogP contribution is -2.38. The van der Waals surface area contributed by atoms with Gasteiger partial charge in [-0.3, -0.25) is 4.79 Å². The Labute approximate surface area is 122 Å². The highest BCUT2D eigenvalue weighted by Crippen LogP contribution is 2.16. The lowest BCUT2D eigenvalue weighted by Gasteiger charge is -2.22. The van der Waals surface area contributed by atoms with Crippen LogP contribution in [-0.2, 0) is 0 Å². The number of amides is 1. The van der Waals surface area contributed by atoms with Crippen molar-refractivity contribution in [2.75, 3.05) is 19.6 Å². The van der Waals surface area contributed by atoms with Gasteiger partial charge in [-0.25, -0.2) is 0 Å². The Bertz CT molecular complexity index is 394. The van der Waals surface area contributed by atoms with Gasteiger partial charge in [0.2, 0.25) is 0 Å². The molecule has 1 aliphatic rings. The van der Waals surface area contributed by atoms with E-state index in [0.29, 0.717) is 11.5 Å². The summed E-state index contributed by atoms with van der Waals surface area (Å²) >= 11 is 3.39. The molecule has 0 radical (unpaired) electrons. The fourth-order valence-corrected chi connectivity index (χ4v) is 2.54. The number of halogens is 2. The SMILES string of the molecule is Cl.O=C(NCC1CCCNC1)c1ccccc1Br. The molecule has 1 amide bonds. The van der Waals surface area contributed by atoms with Gasteiger partial charge >= 0.3 is 0 Å². The number of hydrogen-bond donors (Lipinski definition) is 2. The van der Waals surface area contributed by atoms with Crippen LogP contribution < -0.4 is 10.6 Å². The van der Waals surface area contributed by atoms with E-state index in [9.17, 15) is 4.79 Å². The number of piperidine rings is 1. The van der Waals surface area contributed by atoms with Crippen LogP contribution >= 0.6 is 28.3 Å². The smallest absolute Gasteiger partial charge is 0.252 e. The van der Waals surface area contributed by atoms with Gasteiger partial charge < -0.3 is 10.6 Å². The minimum atomic E-state index is 0. The summed E-state index contributed by atoms with van der Waals surface area (Å²) in [6.07, 6.45) is 2.40. The van der Waals surface area contributed by atoms with Gasteiger partial charge in [-0.05, 0) is 59.9 Å². The van der Waals surface area contributed by atoms with E-state index in [1.54, 1.807) is 0 Å². The van der Waals surface area contributed by atoms with Crippen molar-refractivity contribution in [1.82, 2.24) is 10.6 Å². The lowest BCUT2D eigenvalue weighted by molar-refractivity contribution is 0.0944. The lowest BCUT2D eigenvalue weighted by atomic mass is 10.00. The molecule has 1 aliphatic heterocycles. The molecule has 1 aromatic carbocycles. The Morgan fingerprint density at radius 1 is 1.44 bits per heavy atom. The molecule has 0 saturated carbocycles. The fourth-order valence-electron chi connectivity index (χ4n) is 2.08. The Kier molecular flexibility index (Phi) is 6.68. The number of nitrogens with one attached hydrogen (secondary N) is 2. The summed E-state index contributed by atoms with van der Waals surface area (Å²) < 4.78 is 0.847. The molecule has 3 nitrogen and oxygen atoms in total. The van der Waals surface area contributed by atoms with E-state index >= 15 is 0 Å². The monoisotopic (exact) mass is 332 g/mol. The number of carbonyl (C=O) groups is 1. The Hall–Kier alpha value is -0.580. The van der Waals surface area contributed by atoms with Crippen molar-refractivity contribution in [3.05, 3.63) is 34.3 Å². The van der Waals surface area contributed by atoms with Crippen LogP contribution in [-0.4, -0.2) is 25.5 Å². The first kappa shape index (κ1) is 15.5. The number of rotatable bonds is 3. The molecule has 1 unspecified atom stereocenters. The van der Waals surface area contributed by atoms with Crippen molar-refractivity contribution in [3.63, 3.8) is 0 Å². The summed E-state index contributed by atoms with van der Waals surface area (Å²) in [6.45, 7) is 2.87. The van der Waals surface area contributed by atoms with Crippen molar-refractivity contribution in [2.45, 2.75) is 12.8 Å². The topological polar surface area (TPSA) is 41.1 Å². The van der Waals surface area contributed by atoms with Crippen LogP contribution in [0, 0.1) is 5.92 Å². The molecule has 1 saturated heterocycles. The molecule has 0 spiro atoms. The summed E-state index contributed by atoms with van der Waals surface area (Å²) in [4.78, 5) is 11.9. The van der Waals surface area contributed by atoms with Gasteiger partial charge in [0.15, 0.2) is 0 Å². The zero-order valence-electron chi connectivity index (χ0n) is 10.1. The van der Waals surface area contributed by atoms with E-state index in [2.05, 4.69) is 26.6 Å². The van der Waals surface area contributed by atoms with E-state index in [4.69, 9.17) is 0 Å². The molecule has 0 aliphatic carbocycles. The molecular formula is C13H18BrClN2O. The van der Waals surface area contributed by atoms with Crippen LogP contribution in [0.1, 0.15) is 23.2 Å². The minimum absolute atomic E-state index is 0. The molecule has 2 N–H and O–H groups in total. The summed E-state index contributed by atoms with van der Waals surface area (Å²) in [7, 11) is 0. The first-order valence-corrected chi connectivity index (χ1v) is 6.80. The van der Waals surface area contributed by atoms with Crippen LogP contribution in [0.4, 0.5) is 0 Å². The van der Waals surface area contributed by atoms with Gasteiger partial charge in [-0.2, -0.15) is 0 Å². The second-order valence-corrected chi connectivity index (χ2v) is 5.26. The predicted octanol–water partition coefficient (Wildman–Crippen LogP) is 2.60. The van der Waals surface area contributed by atoms with Crippen molar-refractivity contribution in [1.29, 1.82) is 0 Å². The second kappa shape index (κ2) is 7.77. The van der Waals surface area contributed by atoms with E-state index in [1.807, 2.05) is 24.3 Å². The largest absolute Gasteiger partial charge is 0.352 e. The average molecular weight is 334 g/mol. The van der Waals surface area contributed by atoms with Crippen LogP contribution in [0.15, 0.2) is 28.7 Å². The van der Waals surface area contributed by atoms with Gasteiger partial charge in [0.05, 0.1) is 5.56 Å². The van der Waals surface area contributed by atoms with Crippen LogP contribution in [0.3, 0.4) is 0 Å². The number of carbonyl (C=O) groups excluding carboxylic acids is 1. The van der Waals surface area contributed by atoms with E-state index < -0.39 is 0 Å². The van der Waals surface area contributed by atoms with E-state index in [0.717, 1.165) is 24.1 Å². The van der Waals surface area contributed by atoms with Crippen LogP contribution in [0.5, 0.6) is 0 Å².